The first-order chi connectivity index (χ1) is 5.33. The monoisotopic (exact) mass is 160 g/mol. The van der Waals surface area contributed by atoms with Crippen molar-refractivity contribution in [2.75, 3.05) is 32.9 Å². The molecular formula is C7H13FN2O. The number of rotatable bonds is 2. The molecule has 1 heterocycles. The van der Waals surface area contributed by atoms with Crippen molar-refractivity contribution in [2.45, 2.75) is 6.42 Å². The Morgan fingerprint density at radius 3 is 3.09 bits per heavy atom. The van der Waals surface area contributed by atoms with Crippen LogP contribution in [-0.2, 0) is 4.79 Å². The molecule has 4 heteroatoms. The van der Waals surface area contributed by atoms with Gasteiger partial charge in [0.15, 0.2) is 0 Å². The average Bonchev–Trinajstić information content (AvgIpc) is 2.17. The van der Waals surface area contributed by atoms with Crippen LogP contribution in [0.15, 0.2) is 0 Å². The van der Waals surface area contributed by atoms with Gasteiger partial charge in [0.2, 0.25) is 5.91 Å². The fourth-order valence-corrected chi connectivity index (χ4v) is 1.16. The molecule has 0 aromatic carbocycles. The van der Waals surface area contributed by atoms with Crippen molar-refractivity contribution >= 4 is 5.91 Å². The van der Waals surface area contributed by atoms with Gasteiger partial charge in [-0.1, -0.05) is 0 Å². The molecule has 1 amide bonds. The van der Waals surface area contributed by atoms with Crippen LogP contribution in [0.25, 0.3) is 0 Å². The van der Waals surface area contributed by atoms with Gasteiger partial charge in [-0.05, 0) is 0 Å². The number of carbonyl (C=O) groups excluding carboxylic acids is 1. The van der Waals surface area contributed by atoms with E-state index in [1.807, 2.05) is 4.90 Å². The first-order valence-electron chi connectivity index (χ1n) is 3.88. The molecule has 1 aliphatic rings. The smallest absolute Gasteiger partial charge is 0.221 e. The molecule has 0 saturated carbocycles. The molecule has 1 saturated heterocycles. The fraction of sp³-hybridized carbons (Fsp3) is 0.857. The van der Waals surface area contributed by atoms with Crippen LogP contribution in [0.4, 0.5) is 4.39 Å². The Morgan fingerprint density at radius 2 is 2.36 bits per heavy atom. The maximum atomic E-state index is 11.9. The van der Waals surface area contributed by atoms with E-state index < -0.39 is 0 Å². The summed E-state index contributed by atoms with van der Waals surface area (Å²) in [5.41, 5.74) is 0. The van der Waals surface area contributed by atoms with Gasteiger partial charge in [0.05, 0.1) is 0 Å². The third-order valence-electron chi connectivity index (χ3n) is 1.81. The Kier molecular flexibility index (Phi) is 3.29. The average molecular weight is 160 g/mol. The fourth-order valence-electron chi connectivity index (χ4n) is 1.16. The van der Waals surface area contributed by atoms with E-state index >= 15 is 0 Å². The van der Waals surface area contributed by atoms with E-state index in [9.17, 15) is 9.18 Å². The van der Waals surface area contributed by atoms with Crippen LogP contribution in [0.5, 0.6) is 0 Å². The van der Waals surface area contributed by atoms with Crippen molar-refractivity contribution in [1.82, 2.24) is 10.2 Å². The normalized spacial score (nSPS) is 21.0. The van der Waals surface area contributed by atoms with Crippen molar-refractivity contribution in [3.05, 3.63) is 0 Å². The zero-order chi connectivity index (χ0) is 8.10. The van der Waals surface area contributed by atoms with Crippen molar-refractivity contribution in [3.63, 3.8) is 0 Å². The van der Waals surface area contributed by atoms with Gasteiger partial charge in [0, 0.05) is 32.6 Å². The summed E-state index contributed by atoms with van der Waals surface area (Å²) < 4.78 is 11.9. The first kappa shape index (κ1) is 8.46. The molecule has 0 spiro atoms. The maximum absolute atomic E-state index is 11.9. The molecule has 64 valence electrons. The number of amides is 1. The largest absolute Gasteiger partial charge is 0.355 e. The third kappa shape index (κ3) is 2.84. The van der Waals surface area contributed by atoms with E-state index in [1.165, 1.54) is 0 Å². The number of alkyl halides is 1. The molecule has 0 atom stereocenters. The zero-order valence-corrected chi connectivity index (χ0v) is 6.48. The van der Waals surface area contributed by atoms with Crippen molar-refractivity contribution < 1.29 is 9.18 Å². The van der Waals surface area contributed by atoms with Crippen LogP contribution in [-0.4, -0.2) is 43.7 Å². The Bertz CT molecular complexity index is 140. The van der Waals surface area contributed by atoms with Crippen LogP contribution in [0, 0.1) is 0 Å². The highest BCUT2D eigenvalue weighted by Gasteiger charge is 2.11. The highest BCUT2D eigenvalue weighted by Crippen LogP contribution is 1.95. The molecule has 0 unspecified atom stereocenters. The van der Waals surface area contributed by atoms with Gasteiger partial charge < -0.3 is 5.32 Å². The minimum absolute atomic E-state index is 0.0753. The summed E-state index contributed by atoms with van der Waals surface area (Å²) >= 11 is 0. The second-order valence-electron chi connectivity index (χ2n) is 2.63. The van der Waals surface area contributed by atoms with Crippen LogP contribution >= 0.6 is 0 Å². The molecule has 0 bridgehead atoms. The molecule has 1 N–H and O–H groups in total. The summed E-state index contributed by atoms with van der Waals surface area (Å²) in [5.74, 6) is 0.0753. The Labute approximate surface area is 65.6 Å². The van der Waals surface area contributed by atoms with Gasteiger partial charge in [-0.2, -0.15) is 0 Å². The number of halogens is 1. The van der Waals surface area contributed by atoms with Crippen molar-refractivity contribution in [1.29, 1.82) is 0 Å². The molecule has 0 radical (unpaired) electrons. The summed E-state index contributed by atoms with van der Waals surface area (Å²) in [7, 11) is 0. The van der Waals surface area contributed by atoms with Gasteiger partial charge in [0.25, 0.3) is 0 Å². The highest BCUT2D eigenvalue weighted by atomic mass is 19.1. The number of nitrogens with one attached hydrogen (secondary N) is 1. The Hall–Kier alpha value is -0.640. The van der Waals surface area contributed by atoms with Crippen molar-refractivity contribution in [3.8, 4) is 0 Å². The van der Waals surface area contributed by atoms with Gasteiger partial charge >= 0.3 is 0 Å². The van der Waals surface area contributed by atoms with E-state index in [0.29, 0.717) is 26.1 Å². The highest BCUT2D eigenvalue weighted by molar-refractivity contribution is 5.76. The van der Waals surface area contributed by atoms with Crippen molar-refractivity contribution in [2.24, 2.45) is 0 Å². The van der Waals surface area contributed by atoms with E-state index in [2.05, 4.69) is 5.32 Å². The molecule has 0 aliphatic carbocycles. The lowest BCUT2D eigenvalue weighted by atomic mass is 10.4. The number of hydrogen-bond donors (Lipinski definition) is 1. The summed E-state index contributed by atoms with van der Waals surface area (Å²) in [5, 5.41) is 2.73. The molecule has 1 fully saturated rings. The van der Waals surface area contributed by atoms with E-state index in [1.54, 1.807) is 0 Å². The van der Waals surface area contributed by atoms with Crippen LogP contribution < -0.4 is 5.32 Å². The Balaban J connectivity index is 2.28. The molecule has 0 aromatic heterocycles. The second kappa shape index (κ2) is 4.28. The summed E-state index contributed by atoms with van der Waals surface area (Å²) in [6.45, 7) is 2.24. The first-order valence-corrected chi connectivity index (χ1v) is 3.88. The molecule has 1 aliphatic heterocycles. The standard InChI is InChI=1S/C7H13FN2O/c8-2-5-10-4-1-7(11)9-3-6-10/h1-6H2,(H,9,11). The van der Waals surface area contributed by atoms with Gasteiger partial charge in [-0.15, -0.1) is 0 Å². The summed E-state index contributed by atoms with van der Waals surface area (Å²) in [4.78, 5) is 12.8. The van der Waals surface area contributed by atoms with E-state index in [0.717, 1.165) is 6.54 Å². The molecule has 0 aromatic rings. The molecular weight excluding hydrogens is 147 g/mol. The summed E-state index contributed by atoms with van der Waals surface area (Å²) in [6.07, 6.45) is 0.500. The minimum atomic E-state index is -0.325. The van der Waals surface area contributed by atoms with Crippen LogP contribution in [0.3, 0.4) is 0 Å². The van der Waals surface area contributed by atoms with E-state index in [4.69, 9.17) is 0 Å². The molecule has 1 rings (SSSR count). The predicted molar refractivity (Wildman–Crippen MR) is 40.0 cm³/mol. The minimum Gasteiger partial charge on any atom is -0.355 e. The van der Waals surface area contributed by atoms with Gasteiger partial charge in [-0.3, -0.25) is 9.69 Å². The second-order valence-corrected chi connectivity index (χ2v) is 2.63. The number of carbonyl (C=O) groups is 1. The SMILES string of the molecule is O=C1CCN(CCF)CCN1. The van der Waals surface area contributed by atoms with Gasteiger partial charge in [-0.25, -0.2) is 4.39 Å². The number of hydrogen-bond acceptors (Lipinski definition) is 2. The molecule has 11 heavy (non-hydrogen) atoms. The maximum Gasteiger partial charge on any atom is 0.221 e. The van der Waals surface area contributed by atoms with Gasteiger partial charge in [0.1, 0.15) is 6.67 Å². The zero-order valence-electron chi connectivity index (χ0n) is 6.48. The predicted octanol–water partition coefficient (Wildman–Crippen LogP) is -0.222. The van der Waals surface area contributed by atoms with Crippen LogP contribution in [0.1, 0.15) is 6.42 Å². The third-order valence-corrected chi connectivity index (χ3v) is 1.81. The van der Waals surface area contributed by atoms with E-state index in [-0.39, 0.29) is 12.6 Å². The van der Waals surface area contributed by atoms with Crippen LogP contribution in [0.2, 0.25) is 0 Å². The lowest BCUT2D eigenvalue weighted by Crippen LogP contribution is -2.30. The topological polar surface area (TPSA) is 32.3 Å². The lowest BCUT2D eigenvalue weighted by molar-refractivity contribution is -0.120. The quantitative estimate of drug-likeness (QED) is 0.605. The lowest BCUT2D eigenvalue weighted by Gasteiger charge is -2.15. The summed E-state index contributed by atoms with van der Waals surface area (Å²) in [6, 6.07) is 0. The number of nitrogens with zero attached hydrogens (tertiary/aromatic N) is 1. The Morgan fingerprint density at radius 1 is 1.55 bits per heavy atom. The molecule has 3 nitrogen and oxygen atoms in total.